The Balaban J connectivity index is 1.51. The molecular weight excluding hydrogens is 286 g/mol. The first kappa shape index (κ1) is 15.0. The van der Waals surface area contributed by atoms with Crippen molar-refractivity contribution >= 4 is 11.7 Å². The molecule has 4 rings (SSSR count). The summed E-state index contributed by atoms with van der Waals surface area (Å²) in [6.07, 6.45) is 10.3. The predicted octanol–water partition coefficient (Wildman–Crippen LogP) is 3.84. The lowest BCUT2D eigenvalue weighted by molar-refractivity contribution is 0.0931. The number of likely N-dealkylation sites (tertiary alicyclic amines) is 1. The number of carbonyl (C=O) groups is 1. The maximum absolute atomic E-state index is 12.1. The van der Waals surface area contributed by atoms with Gasteiger partial charge in [0.2, 0.25) is 0 Å². The third kappa shape index (κ3) is 2.85. The van der Waals surface area contributed by atoms with Crippen LogP contribution in [0.3, 0.4) is 0 Å². The third-order valence-corrected chi connectivity index (χ3v) is 6.04. The predicted molar refractivity (Wildman–Crippen MR) is 92.6 cm³/mol. The number of piperidine rings is 1. The van der Waals surface area contributed by atoms with Crippen molar-refractivity contribution in [3.8, 4) is 0 Å². The fourth-order valence-corrected chi connectivity index (χ4v) is 4.74. The number of fused-ring (bicyclic) bond motifs is 2. The molecule has 4 heteroatoms. The molecule has 1 spiro atoms. The minimum absolute atomic E-state index is 0.0494. The lowest BCUT2D eigenvalue weighted by Gasteiger charge is -2.47. The molecule has 2 amide bonds. The number of urea groups is 1. The van der Waals surface area contributed by atoms with Crippen molar-refractivity contribution in [3.63, 3.8) is 0 Å². The molecule has 2 aliphatic heterocycles. The van der Waals surface area contributed by atoms with Crippen LogP contribution in [0.4, 0.5) is 10.5 Å². The number of nitrogens with one attached hydrogen (secondary N) is 2. The first-order valence-corrected chi connectivity index (χ1v) is 9.20. The van der Waals surface area contributed by atoms with E-state index in [9.17, 15) is 4.79 Å². The Labute approximate surface area is 138 Å². The standard InChI is InChI=1S/C19H27N3O/c23-18-20-17-10-6-5-9-16(17)19(21-18)11-13-22(14-12-19)15-7-3-1-2-4-8-15/h5-6,9-10,15H,1-4,7-8,11-14H2,(H2,20,21,23). The highest BCUT2D eigenvalue weighted by molar-refractivity contribution is 5.93. The monoisotopic (exact) mass is 313 g/mol. The zero-order valence-electron chi connectivity index (χ0n) is 13.8. The second kappa shape index (κ2) is 6.16. The van der Waals surface area contributed by atoms with Crippen molar-refractivity contribution in [2.75, 3.05) is 18.4 Å². The van der Waals surface area contributed by atoms with Crippen LogP contribution in [0, 0.1) is 0 Å². The second-order valence-electron chi connectivity index (χ2n) is 7.39. The average molecular weight is 313 g/mol. The number of anilines is 1. The molecule has 1 aliphatic carbocycles. The van der Waals surface area contributed by atoms with E-state index in [0.29, 0.717) is 0 Å². The lowest BCUT2D eigenvalue weighted by Crippen LogP contribution is -2.58. The SMILES string of the molecule is O=C1Nc2ccccc2C2(CCN(C3CCCCCC3)CC2)N1. The molecule has 23 heavy (non-hydrogen) atoms. The van der Waals surface area contributed by atoms with Gasteiger partial charge in [0.15, 0.2) is 0 Å². The Morgan fingerprint density at radius 3 is 2.43 bits per heavy atom. The van der Waals surface area contributed by atoms with E-state index >= 15 is 0 Å². The first-order valence-electron chi connectivity index (χ1n) is 9.20. The van der Waals surface area contributed by atoms with E-state index in [2.05, 4.69) is 27.7 Å². The Hall–Kier alpha value is -1.55. The number of nitrogens with zero attached hydrogens (tertiary/aromatic N) is 1. The molecule has 0 unspecified atom stereocenters. The van der Waals surface area contributed by atoms with Crippen molar-refractivity contribution in [3.05, 3.63) is 29.8 Å². The number of amides is 2. The van der Waals surface area contributed by atoms with Gasteiger partial charge in [-0.25, -0.2) is 4.79 Å². The maximum atomic E-state index is 12.1. The molecule has 1 saturated carbocycles. The number of hydrogen-bond donors (Lipinski definition) is 2. The van der Waals surface area contributed by atoms with Crippen molar-refractivity contribution in [2.24, 2.45) is 0 Å². The first-order chi connectivity index (χ1) is 11.3. The van der Waals surface area contributed by atoms with Gasteiger partial charge in [0, 0.05) is 30.4 Å². The van der Waals surface area contributed by atoms with Crippen LogP contribution in [0.5, 0.6) is 0 Å². The molecule has 2 N–H and O–H groups in total. The molecule has 1 aromatic carbocycles. The van der Waals surface area contributed by atoms with Crippen LogP contribution in [0.1, 0.15) is 56.9 Å². The van der Waals surface area contributed by atoms with Crippen LogP contribution >= 0.6 is 0 Å². The molecule has 4 nitrogen and oxygen atoms in total. The van der Waals surface area contributed by atoms with E-state index in [1.807, 2.05) is 12.1 Å². The van der Waals surface area contributed by atoms with Gasteiger partial charge in [-0.3, -0.25) is 0 Å². The van der Waals surface area contributed by atoms with Crippen molar-refractivity contribution in [1.82, 2.24) is 10.2 Å². The van der Waals surface area contributed by atoms with Crippen LogP contribution < -0.4 is 10.6 Å². The highest BCUT2D eigenvalue weighted by atomic mass is 16.2. The molecule has 1 saturated heterocycles. The van der Waals surface area contributed by atoms with Crippen molar-refractivity contribution < 1.29 is 4.79 Å². The van der Waals surface area contributed by atoms with E-state index in [-0.39, 0.29) is 11.6 Å². The number of hydrogen-bond acceptors (Lipinski definition) is 2. The minimum atomic E-state index is -0.167. The zero-order valence-corrected chi connectivity index (χ0v) is 13.8. The van der Waals surface area contributed by atoms with Gasteiger partial charge in [-0.1, -0.05) is 43.9 Å². The topological polar surface area (TPSA) is 44.4 Å². The Morgan fingerprint density at radius 2 is 1.70 bits per heavy atom. The molecule has 0 bridgehead atoms. The summed E-state index contributed by atoms with van der Waals surface area (Å²) in [4.78, 5) is 14.8. The Kier molecular flexibility index (Phi) is 4.02. The Morgan fingerprint density at radius 1 is 1.00 bits per heavy atom. The maximum Gasteiger partial charge on any atom is 0.319 e. The molecular formula is C19H27N3O. The quantitative estimate of drug-likeness (QED) is 0.774. The normalized spacial score (nSPS) is 25.3. The molecule has 1 aromatic rings. The Bertz CT molecular complexity index is 570. The number of para-hydroxylation sites is 1. The summed E-state index contributed by atoms with van der Waals surface area (Å²) in [5, 5.41) is 6.20. The minimum Gasteiger partial charge on any atom is -0.328 e. The zero-order chi connectivity index (χ0) is 15.7. The summed E-state index contributed by atoms with van der Waals surface area (Å²) in [6.45, 7) is 2.19. The molecule has 124 valence electrons. The van der Waals surface area contributed by atoms with E-state index in [1.165, 1.54) is 44.1 Å². The van der Waals surface area contributed by atoms with Gasteiger partial charge >= 0.3 is 6.03 Å². The average Bonchev–Trinajstić information content (AvgIpc) is 2.85. The molecule has 2 fully saturated rings. The summed E-state index contributed by atoms with van der Waals surface area (Å²) in [5.41, 5.74) is 2.08. The lowest BCUT2D eigenvalue weighted by atomic mass is 9.78. The number of carbonyl (C=O) groups excluding carboxylic acids is 1. The van der Waals surface area contributed by atoms with Gasteiger partial charge in [0.05, 0.1) is 5.54 Å². The van der Waals surface area contributed by atoms with Crippen LogP contribution in [-0.4, -0.2) is 30.1 Å². The summed E-state index contributed by atoms with van der Waals surface area (Å²) in [6, 6.07) is 8.99. The molecule has 0 atom stereocenters. The van der Waals surface area contributed by atoms with Gasteiger partial charge in [-0.2, -0.15) is 0 Å². The number of benzene rings is 1. The molecule has 0 radical (unpaired) electrons. The molecule has 3 aliphatic rings. The van der Waals surface area contributed by atoms with Crippen LogP contribution in [0.15, 0.2) is 24.3 Å². The van der Waals surface area contributed by atoms with Crippen LogP contribution in [0.25, 0.3) is 0 Å². The van der Waals surface area contributed by atoms with E-state index in [4.69, 9.17) is 0 Å². The van der Waals surface area contributed by atoms with Gasteiger partial charge in [-0.15, -0.1) is 0 Å². The summed E-state index contributed by atoms with van der Waals surface area (Å²) < 4.78 is 0. The van der Waals surface area contributed by atoms with Crippen molar-refractivity contribution in [2.45, 2.75) is 62.9 Å². The number of rotatable bonds is 1. The fourth-order valence-electron chi connectivity index (χ4n) is 4.74. The second-order valence-corrected chi connectivity index (χ2v) is 7.39. The summed E-state index contributed by atoms with van der Waals surface area (Å²) in [5.74, 6) is 0. The van der Waals surface area contributed by atoms with E-state index in [1.54, 1.807) is 0 Å². The molecule has 2 heterocycles. The summed E-state index contributed by atoms with van der Waals surface area (Å²) >= 11 is 0. The molecule has 0 aromatic heterocycles. The van der Waals surface area contributed by atoms with Crippen LogP contribution in [-0.2, 0) is 5.54 Å². The van der Waals surface area contributed by atoms with Gasteiger partial charge in [0.1, 0.15) is 0 Å². The van der Waals surface area contributed by atoms with Gasteiger partial charge in [-0.05, 0) is 31.7 Å². The van der Waals surface area contributed by atoms with Gasteiger partial charge in [0.25, 0.3) is 0 Å². The van der Waals surface area contributed by atoms with Crippen molar-refractivity contribution in [1.29, 1.82) is 0 Å². The smallest absolute Gasteiger partial charge is 0.319 e. The van der Waals surface area contributed by atoms with Gasteiger partial charge < -0.3 is 15.5 Å². The summed E-state index contributed by atoms with van der Waals surface area (Å²) in [7, 11) is 0. The third-order valence-electron chi connectivity index (χ3n) is 6.04. The van der Waals surface area contributed by atoms with E-state index in [0.717, 1.165) is 37.7 Å². The highest BCUT2D eigenvalue weighted by Crippen LogP contribution is 2.40. The fraction of sp³-hybridized carbons (Fsp3) is 0.632. The largest absolute Gasteiger partial charge is 0.328 e. The van der Waals surface area contributed by atoms with Crippen LogP contribution in [0.2, 0.25) is 0 Å². The highest BCUT2D eigenvalue weighted by Gasteiger charge is 2.42. The van der Waals surface area contributed by atoms with E-state index < -0.39 is 0 Å².